The van der Waals surface area contributed by atoms with Crippen molar-refractivity contribution < 1.29 is 0 Å². The van der Waals surface area contributed by atoms with Crippen LogP contribution < -0.4 is 37.7 Å². The third-order valence-electron chi connectivity index (χ3n) is 21.9. The maximum atomic E-state index is 2.70. The average molecular weight is 1180 g/mol. The summed E-state index contributed by atoms with van der Waals surface area (Å²) in [4.78, 5) is 2.70. The Labute approximate surface area is 541 Å². The summed E-state index contributed by atoms with van der Waals surface area (Å²) in [6.07, 6.45) is 0. The number of hydrogen-bond acceptors (Lipinski definition) is 1. The molecule has 18 rings (SSSR count). The summed E-state index contributed by atoms with van der Waals surface area (Å²) >= 11 is 0. The van der Waals surface area contributed by atoms with Crippen LogP contribution >= 0.6 is 0 Å². The fraction of sp³-hybridized carbons (Fsp3) is 0.172. The van der Waals surface area contributed by atoms with Crippen molar-refractivity contribution in [3.63, 3.8) is 0 Å². The van der Waals surface area contributed by atoms with Gasteiger partial charge in [-0.25, -0.2) is 0 Å². The summed E-state index contributed by atoms with van der Waals surface area (Å²) in [6, 6.07) is 88.2. The van der Waals surface area contributed by atoms with Crippen molar-refractivity contribution in [2.45, 2.75) is 99.3 Å². The van der Waals surface area contributed by atoms with E-state index < -0.39 is 5.41 Å². The number of para-hydroxylation sites is 2. The zero-order chi connectivity index (χ0) is 62.8. The minimum Gasteiger partial charge on any atom is -0.313 e. The Morgan fingerprint density at radius 1 is 0.326 bits per heavy atom. The fourth-order valence-electron chi connectivity index (χ4n) is 18.3. The molecule has 2 aromatic heterocycles. The first-order valence-electron chi connectivity index (χ1n) is 33.2. The Morgan fingerprint density at radius 3 is 1.15 bits per heavy atom. The molecular weight excluding hydrogens is 1110 g/mol. The highest BCUT2D eigenvalue weighted by molar-refractivity contribution is 7.02. The zero-order valence-electron chi connectivity index (χ0n) is 54.9. The van der Waals surface area contributed by atoms with Gasteiger partial charge in [0, 0.05) is 50.0 Å². The quantitative estimate of drug-likeness (QED) is 0.160. The predicted octanol–water partition coefficient (Wildman–Crippen LogP) is 17.8. The lowest BCUT2D eigenvalue weighted by Gasteiger charge is -2.45. The summed E-state index contributed by atoms with van der Waals surface area (Å²) < 4.78 is 5.33. The molecule has 5 heteroatoms. The molecule has 0 saturated carbocycles. The van der Waals surface area contributed by atoms with Gasteiger partial charge in [0.25, 0.3) is 0 Å². The molecule has 0 fully saturated rings. The molecule has 4 aliphatic rings. The number of aromatic nitrogens is 2. The van der Waals surface area contributed by atoms with Gasteiger partial charge in [-0.3, -0.25) is 0 Å². The van der Waals surface area contributed by atoms with Crippen molar-refractivity contribution >= 4 is 107 Å². The molecule has 0 unspecified atom stereocenters. The maximum Gasteiger partial charge on any atom is 0.247 e. The second-order valence-electron chi connectivity index (χ2n) is 29.5. The average Bonchev–Trinajstić information content (AvgIpc) is 1.36. The number of anilines is 3. The topological polar surface area (TPSA) is 13.1 Å². The minimum atomic E-state index is -0.496. The predicted molar refractivity (Wildman–Crippen MR) is 394 cm³/mol. The minimum absolute atomic E-state index is 0.0811. The fourth-order valence-corrected chi connectivity index (χ4v) is 18.3. The van der Waals surface area contributed by atoms with Gasteiger partial charge >= 0.3 is 0 Å². The van der Waals surface area contributed by atoms with Crippen molar-refractivity contribution in [2.75, 3.05) is 4.90 Å². The standard InChI is InChI=1S/C87H73B2N3/c1-50-41-52(3)80(53(4)42-50)88-72-45-56(85(7,8)9)33-39-78(72)92-79-40-34-57(86(10,11)12)46-73(79)89(81-54(5)43-51(2)44-55(81)6)75-49-59(48-74(88)84(75)92)91-77-32-22-17-27-65(77)67-38-37-66-64-26-16-21-31-76(64)90(82(66)83(67)91)58-35-36-63-62-25-15-20-30-70(62)87(71(63)47-58)68-28-18-13-23-60(68)61-24-14-19-29-69(61)87/h13-49H,1-12H3. The molecule has 2 aliphatic heterocycles. The summed E-state index contributed by atoms with van der Waals surface area (Å²) in [5.74, 6) is 0. The number of fused-ring (bicyclic) bond motifs is 21. The molecule has 442 valence electrons. The molecule has 3 nitrogen and oxygen atoms in total. The van der Waals surface area contributed by atoms with Crippen LogP contribution in [-0.2, 0) is 16.2 Å². The molecule has 0 radical (unpaired) electrons. The van der Waals surface area contributed by atoms with E-state index in [4.69, 9.17) is 0 Å². The third-order valence-corrected chi connectivity index (χ3v) is 21.9. The van der Waals surface area contributed by atoms with Crippen LogP contribution in [0.25, 0.3) is 77.2 Å². The van der Waals surface area contributed by atoms with E-state index in [0.717, 1.165) is 5.69 Å². The first kappa shape index (κ1) is 55.0. The summed E-state index contributed by atoms with van der Waals surface area (Å²) in [5.41, 5.74) is 39.6. The van der Waals surface area contributed by atoms with Gasteiger partial charge in [0.15, 0.2) is 0 Å². The number of rotatable bonds is 4. The molecular formula is C87H73B2N3. The SMILES string of the molecule is Cc1cc(C)c(B2c3cc(C(C)(C)C)ccc3N3c4ccc(C(C)(C)C)cc4B(c4c(C)cc(C)cc4C)c4cc(-n5c6ccccc6c6ccc7c8ccccc8n(-c8ccc9c(c8)C8(c%10ccccc%10-c%10ccccc%108)c8ccccc8-9)c7c65)cc2c43)c(C)c1. The van der Waals surface area contributed by atoms with Crippen LogP contribution in [0.15, 0.2) is 224 Å². The van der Waals surface area contributed by atoms with Gasteiger partial charge in [-0.05, 0) is 178 Å². The van der Waals surface area contributed by atoms with Crippen LogP contribution in [-0.4, -0.2) is 22.6 Å². The Kier molecular flexibility index (Phi) is 11.4. The summed E-state index contributed by atoms with van der Waals surface area (Å²) in [5, 5.41) is 4.94. The maximum absolute atomic E-state index is 2.70. The Balaban J connectivity index is 0.997. The molecule has 0 atom stereocenters. The van der Waals surface area contributed by atoms with Gasteiger partial charge in [0.2, 0.25) is 13.4 Å². The van der Waals surface area contributed by atoms with Gasteiger partial charge < -0.3 is 14.0 Å². The molecule has 12 aromatic carbocycles. The lowest BCUT2D eigenvalue weighted by atomic mass is 9.29. The van der Waals surface area contributed by atoms with Gasteiger partial charge in [0.05, 0.1) is 27.5 Å². The van der Waals surface area contributed by atoms with E-state index in [0.29, 0.717) is 0 Å². The first-order valence-corrected chi connectivity index (χ1v) is 33.2. The lowest BCUT2D eigenvalue weighted by molar-refractivity contribution is 0.590. The van der Waals surface area contributed by atoms with E-state index in [-0.39, 0.29) is 24.3 Å². The van der Waals surface area contributed by atoms with Crippen LogP contribution in [0.2, 0.25) is 0 Å². The number of nitrogens with zero attached hydrogens (tertiary/aromatic N) is 3. The van der Waals surface area contributed by atoms with Crippen molar-refractivity contribution in [3.8, 4) is 33.6 Å². The molecule has 1 spiro atoms. The molecule has 2 aliphatic carbocycles. The smallest absolute Gasteiger partial charge is 0.247 e. The number of benzene rings is 12. The Morgan fingerprint density at radius 2 is 0.717 bits per heavy atom. The Hall–Kier alpha value is -9.83. The highest BCUT2D eigenvalue weighted by Crippen LogP contribution is 2.63. The van der Waals surface area contributed by atoms with E-state index in [1.165, 1.54) is 188 Å². The molecule has 14 aromatic rings. The lowest BCUT2D eigenvalue weighted by Crippen LogP contribution is -2.66. The van der Waals surface area contributed by atoms with E-state index >= 15 is 0 Å². The van der Waals surface area contributed by atoms with Crippen LogP contribution in [0.4, 0.5) is 17.1 Å². The molecule has 0 N–H and O–H groups in total. The number of aryl methyl sites for hydroxylation is 6. The van der Waals surface area contributed by atoms with Gasteiger partial charge in [0.1, 0.15) is 0 Å². The monoisotopic (exact) mass is 1180 g/mol. The van der Waals surface area contributed by atoms with Gasteiger partial charge in [-0.2, -0.15) is 0 Å². The molecule has 0 bridgehead atoms. The van der Waals surface area contributed by atoms with Crippen molar-refractivity contribution in [3.05, 3.63) is 291 Å². The van der Waals surface area contributed by atoms with Crippen LogP contribution in [0.3, 0.4) is 0 Å². The van der Waals surface area contributed by atoms with Crippen molar-refractivity contribution in [1.82, 2.24) is 9.13 Å². The normalized spacial score (nSPS) is 14.1. The zero-order valence-corrected chi connectivity index (χ0v) is 54.9. The third kappa shape index (κ3) is 7.37. The van der Waals surface area contributed by atoms with E-state index in [1.807, 2.05) is 0 Å². The van der Waals surface area contributed by atoms with Gasteiger partial charge in [-0.1, -0.05) is 262 Å². The van der Waals surface area contributed by atoms with E-state index in [2.05, 4.69) is 322 Å². The largest absolute Gasteiger partial charge is 0.313 e. The highest BCUT2D eigenvalue weighted by atomic mass is 15.2. The van der Waals surface area contributed by atoms with Crippen LogP contribution in [0.1, 0.15) is 108 Å². The van der Waals surface area contributed by atoms with E-state index in [9.17, 15) is 0 Å². The highest BCUT2D eigenvalue weighted by Gasteiger charge is 2.52. The molecule has 0 amide bonds. The second kappa shape index (κ2) is 19.1. The molecule has 0 saturated heterocycles. The van der Waals surface area contributed by atoms with Crippen LogP contribution in [0.5, 0.6) is 0 Å². The molecule has 4 heterocycles. The van der Waals surface area contributed by atoms with Crippen molar-refractivity contribution in [2.24, 2.45) is 0 Å². The molecule has 92 heavy (non-hydrogen) atoms. The number of hydrogen-bond donors (Lipinski definition) is 0. The van der Waals surface area contributed by atoms with Gasteiger partial charge in [-0.15, -0.1) is 0 Å². The first-order chi connectivity index (χ1) is 44.4. The second-order valence-corrected chi connectivity index (χ2v) is 29.5. The van der Waals surface area contributed by atoms with E-state index in [1.54, 1.807) is 0 Å². The van der Waals surface area contributed by atoms with Crippen molar-refractivity contribution in [1.29, 1.82) is 0 Å². The summed E-state index contributed by atoms with van der Waals surface area (Å²) in [7, 11) is 0. The Bertz CT molecular complexity index is 5340. The summed E-state index contributed by atoms with van der Waals surface area (Å²) in [6.45, 7) is 28.0. The van der Waals surface area contributed by atoms with Crippen LogP contribution in [0, 0.1) is 41.5 Å².